The summed E-state index contributed by atoms with van der Waals surface area (Å²) >= 11 is 0. The third kappa shape index (κ3) is 5.19. The second-order valence-electron chi connectivity index (χ2n) is 6.19. The topological polar surface area (TPSA) is 75.0 Å². The molecule has 0 fully saturated rings. The Bertz CT molecular complexity index is 1150. The zero-order valence-electron chi connectivity index (χ0n) is 15.6. The summed E-state index contributed by atoms with van der Waals surface area (Å²) in [5.41, 5.74) is 0.313. The standard InChI is InChI=1S/C21H15F3O6/c1-12(2)19(25)28-11-27-16-8-5-14-9-17(20(26)29-18(14)10-16)13-3-6-15(7-4-13)30-21(22,23)24/h3-10H,1,11H2,2H3. The van der Waals surface area contributed by atoms with Gasteiger partial charge < -0.3 is 18.6 Å². The lowest BCUT2D eigenvalue weighted by Crippen LogP contribution is -2.17. The number of hydrogen-bond acceptors (Lipinski definition) is 6. The van der Waals surface area contributed by atoms with E-state index in [1.165, 1.54) is 25.1 Å². The van der Waals surface area contributed by atoms with E-state index >= 15 is 0 Å². The Morgan fingerprint density at radius 2 is 1.73 bits per heavy atom. The van der Waals surface area contributed by atoms with Crippen molar-refractivity contribution in [2.75, 3.05) is 6.79 Å². The summed E-state index contributed by atoms with van der Waals surface area (Å²) in [5, 5.41) is 0.562. The highest BCUT2D eigenvalue weighted by molar-refractivity contribution is 5.87. The maximum absolute atomic E-state index is 12.3. The van der Waals surface area contributed by atoms with Gasteiger partial charge in [0.25, 0.3) is 0 Å². The lowest BCUT2D eigenvalue weighted by molar-refractivity contribution is -0.274. The van der Waals surface area contributed by atoms with Gasteiger partial charge in [-0.05, 0) is 42.8 Å². The van der Waals surface area contributed by atoms with Crippen molar-refractivity contribution in [1.29, 1.82) is 0 Å². The highest BCUT2D eigenvalue weighted by atomic mass is 19.4. The Kier molecular flexibility index (Phi) is 5.81. The van der Waals surface area contributed by atoms with Gasteiger partial charge in [-0.2, -0.15) is 0 Å². The molecule has 0 amide bonds. The van der Waals surface area contributed by atoms with Crippen LogP contribution in [-0.2, 0) is 9.53 Å². The van der Waals surface area contributed by atoms with Crippen molar-refractivity contribution < 1.29 is 36.6 Å². The van der Waals surface area contributed by atoms with Crippen molar-refractivity contribution in [2.45, 2.75) is 13.3 Å². The molecule has 1 heterocycles. The van der Waals surface area contributed by atoms with Crippen LogP contribution in [0.4, 0.5) is 13.2 Å². The van der Waals surface area contributed by atoms with Crippen LogP contribution in [0.5, 0.6) is 11.5 Å². The van der Waals surface area contributed by atoms with E-state index < -0.39 is 23.7 Å². The number of fused-ring (bicyclic) bond motifs is 1. The van der Waals surface area contributed by atoms with E-state index in [1.807, 2.05) is 0 Å². The van der Waals surface area contributed by atoms with E-state index in [0.717, 1.165) is 12.1 Å². The zero-order valence-corrected chi connectivity index (χ0v) is 15.6. The van der Waals surface area contributed by atoms with Crippen LogP contribution in [0.25, 0.3) is 22.1 Å². The summed E-state index contributed by atoms with van der Waals surface area (Å²) in [7, 11) is 0. The molecule has 156 valence electrons. The molecule has 1 aromatic heterocycles. The first-order valence-electron chi connectivity index (χ1n) is 8.52. The molecule has 2 aromatic carbocycles. The van der Waals surface area contributed by atoms with E-state index in [0.29, 0.717) is 16.7 Å². The number of ether oxygens (including phenoxy) is 3. The molecule has 0 N–H and O–H groups in total. The molecular formula is C21H15F3O6. The van der Waals surface area contributed by atoms with Crippen molar-refractivity contribution >= 4 is 16.9 Å². The first-order valence-corrected chi connectivity index (χ1v) is 8.52. The predicted octanol–water partition coefficient (Wildman–Crippen LogP) is 4.81. The number of hydrogen-bond donors (Lipinski definition) is 0. The van der Waals surface area contributed by atoms with Crippen LogP contribution in [0.3, 0.4) is 0 Å². The molecule has 0 aliphatic rings. The average Bonchev–Trinajstić information content (AvgIpc) is 2.66. The van der Waals surface area contributed by atoms with Gasteiger partial charge in [0.1, 0.15) is 17.1 Å². The molecule has 0 saturated heterocycles. The van der Waals surface area contributed by atoms with Gasteiger partial charge in [0.2, 0.25) is 6.79 Å². The van der Waals surface area contributed by atoms with E-state index in [4.69, 9.17) is 13.9 Å². The van der Waals surface area contributed by atoms with Crippen molar-refractivity contribution in [3.05, 3.63) is 71.1 Å². The summed E-state index contributed by atoms with van der Waals surface area (Å²) in [4.78, 5) is 23.7. The normalized spacial score (nSPS) is 11.2. The third-order valence-electron chi connectivity index (χ3n) is 3.87. The molecule has 0 bridgehead atoms. The SMILES string of the molecule is C=C(C)C(=O)OCOc1ccc2cc(-c3ccc(OC(F)(F)F)cc3)c(=O)oc2c1. The molecule has 30 heavy (non-hydrogen) atoms. The summed E-state index contributed by atoms with van der Waals surface area (Å²) < 4.78 is 56.0. The van der Waals surface area contributed by atoms with Gasteiger partial charge in [-0.1, -0.05) is 18.7 Å². The van der Waals surface area contributed by atoms with Crippen molar-refractivity contribution in [2.24, 2.45) is 0 Å². The Hall–Kier alpha value is -3.75. The first kappa shape index (κ1) is 21.0. The van der Waals surface area contributed by atoms with Gasteiger partial charge in [0.05, 0.1) is 5.56 Å². The van der Waals surface area contributed by atoms with Gasteiger partial charge >= 0.3 is 18.0 Å². The zero-order chi connectivity index (χ0) is 21.9. The monoisotopic (exact) mass is 420 g/mol. The maximum atomic E-state index is 12.3. The largest absolute Gasteiger partial charge is 0.573 e. The number of alkyl halides is 3. The van der Waals surface area contributed by atoms with Gasteiger partial charge in [-0.3, -0.25) is 0 Å². The number of esters is 1. The van der Waals surface area contributed by atoms with Crippen LogP contribution >= 0.6 is 0 Å². The molecule has 6 nitrogen and oxygen atoms in total. The number of carbonyl (C=O) groups excluding carboxylic acids is 1. The fourth-order valence-corrected chi connectivity index (χ4v) is 2.49. The lowest BCUT2D eigenvalue weighted by Gasteiger charge is -2.10. The summed E-state index contributed by atoms with van der Waals surface area (Å²) in [6, 6.07) is 11.1. The molecule has 0 spiro atoms. The predicted molar refractivity (Wildman–Crippen MR) is 101 cm³/mol. The molecule has 9 heteroatoms. The Balaban J connectivity index is 1.80. The second kappa shape index (κ2) is 8.32. The second-order valence-corrected chi connectivity index (χ2v) is 6.19. The van der Waals surface area contributed by atoms with E-state index in [-0.39, 0.29) is 23.5 Å². The molecule has 0 saturated carbocycles. The molecule has 0 unspecified atom stereocenters. The number of halogens is 3. The Labute approximate surface area is 168 Å². The van der Waals surface area contributed by atoms with Crippen molar-refractivity contribution in [3.8, 4) is 22.6 Å². The lowest BCUT2D eigenvalue weighted by atomic mass is 10.1. The van der Waals surface area contributed by atoms with Crippen LogP contribution in [0, 0.1) is 0 Å². The molecule has 0 aliphatic heterocycles. The number of carbonyl (C=O) groups is 1. The average molecular weight is 420 g/mol. The van der Waals surface area contributed by atoms with Crippen molar-refractivity contribution in [3.63, 3.8) is 0 Å². The molecule has 0 atom stereocenters. The number of benzene rings is 2. The molecule has 3 aromatic rings. The van der Waals surface area contributed by atoms with Crippen LogP contribution in [-0.4, -0.2) is 19.1 Å². The smallest absolute Gasteiger partial charge is 0.457 e. The van der Waals surface area contributed by atoms with Crippen LogP contribution in [0.2, 0.25) is 0 Å². The minimum Gasteiger partial charge on any atom is -0.457 e. The Morgan fingerprint density at radius 1 is 1.07 bits per heavy atom. The Morgan fingerprint density at radius 3 is 2.37 bits per heavy atom. The summed E-state index contributed by atoms with van der Waals surface area (Å²) in [5.74, 6) is -0.689. The molecule has 3 rings (SSSR count). The van der Waals surface area contributed by atoms with Crippen LogP contribution in [0.15, 0.2) is 69.9 Å². The highest BCUT2D eigenvalue weighted by Gasteiger charge is 2.31. The van der Waals surface area contributed by atoms with Gasteiger partial charge in [0.15, 0.2) is 0 Å². The van der Waals surface area contributed by atoms with Crippen molar-refractivity contribution in [1.82, 2.24) is 0 Å². The van der Waals surface area contributed by atoms with E-state index in [1.54, 1.807) is 18.2 Å². The fraction of sp³-hybridized carbons (Fsp3) is 0.143. The summed E-state index contributed by atoms with van der Waals surface area (Å²) in [6.07, 6.45) is -4.80. The minimum atomic E-state index is -4.80. The maximum Gasteiger partial charge on any atom is 0.573 e. The fourth-order valence-electron chi connectivity index (χ4n) is 2.49. The van der Waals surface area contributed by atoms with Crippen LogP contribution < -0.4 is 15.1 Å². The highest BCUT2D eigenvalue weighted by Crippen LogP contribution is 2.27. The van der Waals surface area contributed by atoms with E-state index in [9.17, 15) is 22.8 Å². The summed E-state index contributed by atoms with van der Waals surface area (Å²) in [6.45, 7) is 4.61. The van der Waals surface area contributed by atoms with Gasteiger partial charge in [-0.25, -0.2) is 9.59 Å². The van der Waals surface area contributed by atoms with Gasteiger partial charge in [-0.15, -0.1) is 13.2 Å². The third-order valence-corrected chi connectivity index (χ3v) is 3.87. The molecular weight excluding hydrogens is 405 g/mol. The minimum absolute atomic E-state index is 0.171. The quantitative estimate of drug-likeness (QED) is 0.247. The molecule has 0 aliphatic carbocycles. The van der Waals surface area contributed by atoms with Crippen LogP contribution in [0.1, 0.15) is 6.92 Å². The number of rotatable bonds is 6. The van der Waals surface area contributed by atoms with E-state index in [2.05, 4.69) is 11.3 Å². The van der Waals surface area contributed by atoms with Gasteiger partial charge in [0, 0.05) is 17.0 Å². The molecule has 0 radical (unpaired) electrons. The first-order chi connectivity index (χ1) is 14.1.